The molecule has 2 aromatic heterocycles. The molecule has 0 aliphatic carbocycles. The van der Waals surface area contributed by atoms with Gasteiger partial charge in [0.15, 0.2) is 0 Å². The van der Waals surface area contributed by atoms with Crippen molar-refractivity contribution in [3.63, 3.8) is 0 Å². The summed E-state index contributed by atoms with van der Waals surface area (Å²) in [5.41, 5.74) is 0. The van der Waals surface area contributed by atoms with Crippen molar-refractivity contribution in [3.05, 3.63) is 35.7 Å². The van der Waals surface area contributed by atoms with Crippen LogP contribution in [-0.4, -0.2) is 44.9 Å². The summed E-state index contributed by atoms with van der Waals surface area (Å²) < 4.78 is 11.4. The summed E-state index contributed by atoms with van der Waals surface area (Å²) in [6, 6.07) is 0.993. The van der Waals surface area contributed by atoms with Crippen LogP contribution < -0.4 is 0 Å². The van der Waals surface area contributed by atoms with Crippen LogP contribution in [0, 0.1) is 13.8 Å². The Balaban J connectivity index is 1.69. The first-order chi connectivity index (χ1) is 11.6. The number of nitrogens with zero attached hydrogens (tertiary/aromatic N) is 4. The maximum absolute atomic E-state index is 5.68. The number of oxazole rings is 2. The van der Waals surface area contributed by atoms with Crippen LogP contribution >= 0.6 is 0 Å². The SMILES string of the molecule is CC[C@@H]1CN(Cc2ncc(C)o2)[C@H](CC)CN1Cc1ncc(C)o1. The fourth-order valence-corrected chi connectivity index (χ4v) is 3.53. The normalized spacial score (nSPS) is 23.0. The van der Waals surface area contributed by atoms with Gasteiger partial charge in [0.25, 0.3) is 0 Å². The monoisotopic (exact) mass is 332 g/mol. The number of aryl methyl sites for hydroxylation is 2. The highest BCUT2D eigenvalue weighted by molar-refractivity contribution is 4.96. The van der Waals surface area contributed by atoms with E-state index in [1.807, 2.05) is 13.8 Å². The predicted molar refractivity (Wildman–Crippen MR) is 91.5 cm³/mol. The van der Waals surface area contributed by atoms with E-state index in [9.17, 15) is 0 Å². The molecule has 0 unspecified atom stereocenters. The van der Waals surface area contributed by atoms with Gasteiger partial charge in [-0.25, -0.2) is 9.97 Å². The van der Waals surface area contributed by atoms with E-state index in [-0.39, 0.29) is 0 Å². The maximum atomic E-state index is 5.68. The second-order valence-corrected chi connectivity index (χ2v) is 6.71. The summed E-state index contributed by atoms with van der Waals surface area (Å²) >= 11 is 0. The van der Waals surface area contributed by atoms with E-state index in [2.05, 4.69) is 33.6 Å². The van der Waals surface area contributed by atoms with E-state index in [0.29, 0.717) is 12.1 Å². The molecular weight excluding hydrogens is 304 g/mol. The number of piperazine rings is 1. The Labute approximate surface area is 143 Å². The second-order valence-electron chi connectivity index (χ2n) is 6.71. The van der Waals surface area contributed by atoms with Gasteiger partial charge < -0.3 is 8.83 Å². The van der Waals surface area contributed by atoms with Crippen molar-refractivity contribution in [2.24, 2.45) is 0 Å². The zero-order valence-electron chi connectivity index (χ0n) is 15.2. The van der Waals surface area contributed by atoms with E-state index >= 15 is 0 Å². The van der Waals surface area contributed by atoms with Gasteiger partial charge in [0.2, 0.25) is 11.8 Å². The predicted octanol–water partition coefficient (Wildman–Crippen LogP) is 3.15. The van der Waals surface area contributed by atoms with Crippen LogP contribution in [-0.2, 0) is 13.1 Å². The quantitative estimate of drug-likeness (QED) is 0.810. The molecule has 0 spiro atoms. The van der Waals surface area contributed by atoms with E-state index in [0.717, 1.165) is 62.3 Å². The molecule has 1 saturated heterocycles. The molecule has 0 aromatic carbocycles. The van der Waals surface area contributed by atoms with E-state index in [1.165, 1.54) is 0 Å². The van der Waals surface area contributed by atoms with Crippen molar-refractivity contribution in [3.8, 4) is 0 Å². The molecule has 132 valence electrons. The Morgan fingerprint density at radius 3 is 1.58 bits per heavy atom. The fraction of sp³-hybridized carbons (Fsp3) is 0.667. The smallest absolute Gasteiger partial charge is 0.208 e. The Kier molecular flexibility index (Phi) is 5.36. The van der Waals surface area contributed by atoms with Gasteiger partial charge in [-0.3, -0.25) is 9.80 Å². The lowest BCUT2D eigenvalue weighted by Crippen LogP contribution is -2.57. The summed E-state index contributed by atoms with van der Waals surface area (Å²) in [6.45, 7) is 12.0. The highest BCUT2D eigenvalue weighted by Crippen LogP contribution is 2.23. The van der Waals surface area contributed by atoms with Gasteiger partial charge in [-0.2, -0.15) is 0 Å². The first kappa shape index (κ1) is 17.2. The molecule has 1 fully saturated rings. The Hall–Kier alpha value is -1.66. The van der Waals surface area contributed by atoms with Crippen molar-refractivity contribution >= 4 is 0 Å². The van der Waals surface area contributed by atoms with E-state index in [1.54, 1.807) is 12.4 Å². The molecule has 6 nitrogen and oxygen atoms in total. The average Bonchev–Trinajstić information content (AvgIpc) is 3.16. The standard InChI is InChI=1S/C18H28N4O2/c1-5-15-9-22(12-18-20-8-14(4)24-18)16(6-2)10-21(15)11-17-19-7-13(3)23-17/h7-8,15-16H,5-6,9-12H2,1-4H3/t15-,16-/m1/s1. The topological polar surface area (TPSA) is 58.5 Å². The van der Waals surface area contributed by atoms with Crippen LogP contribution in [0.15, 0.2) is 21.2 Å². The summed E-state index contributed by atoms with van der Waals surface area (Å²) in [5, 5.41) is 0. The van der Waals surface area contributed by atoms with Crippen LogP contribution in [0.3, 0.4) is 0 Å². The van der Waals surface area contributed by atoms with Gasteiger partial charge in [0.05, 0.1) is 25.5 Å². The third-order valence-corrected chi connectivity index (χ3v) is 4.88. The van der Waals surface area contributed by atoms with Gasteiger partial charge in [-0.05, 0) is 26.7 Å². The van der Waals surface area contributed by atoms with Crippen molar-refractivity contribution in [1.82, 2.24) is 19.8 Å². The molecule has 0 radical (unpaired) electrons. The Bertz CT molecular complexity index is 595. The van der Waals surface area contributed by atoms with Gasteiger partial charge in [0.1, 0.15) is 11.5 Å². The van der Waals surface area contributed by atoms with E-state index in [4.69, 9.17) is 8.83 Å². The zero-order valence-corrected chi connectivity index (χ0v) is 15.2. The Morgan fingerprint density at radius 2 is 1.29 bits per heavy atom. The average molecular weight is 332 g/mol. The van der Waals surface area contributed by atoms with E-state index < -0.39 is 0 Å². The lowest BCUT2D eigenvalue weighted by Gasteiger charge is -2.45. The minimum absolute atomic E-state index is 0.496. The number of hydrogen-bond acceptors (Lipinski definition) is 6. The van der Waals surface area contributed by atoms with Gasteiger partial charge in [-0.15, -0.1) is 0 Å². The zero-order chi connectivity index (χ0) is 17.1. The van der Waals surface area contributed by atoms with Crippen LogP contribution in [0.1, 0.15) is 50.0 Å². The van der Waals surface area contributed by atoms with Crippen molar-refractivity contribution in [2.45, 2.75) is 65.7 Å². The van der Waals surface area contributed by atoms with Gasteiger partial charge in [0, 0.05) is 25.2 Å². The highest BCUT2D eigenvalue weighted by Gasteiger charge is 2.33. The fourth-order valence-electron chi connectivity index (χ4n) is 3.53. The molecule has 3 rings (SSSR count). The summed E-state index contributed by atoms with van der Waals surface area (Å²) in [5.74, 6) is 3.39. The van der Waals surface area contributed by atoms with Gasteiger partial charge in [-0.1, -0.05) is 13.8 Å². The third-order valence-electron chi connectivity index (χ3n) is 4.88. The first-order valence-corrected chi connectivity index (χ1v) is 8.89. The van der Waals surface area contributed by atoms with Gasteiger partial charge >= 0.3 is 0 Å². The molecule has 0 N–H and O–H groups in total. The molecule has 2 atom stereocenters. The lowest BCUT2D eigenvalue weighted by molar-refractivity contribution is 0.00647. The summed E-state index contributed by atoms with van der Waals surface area (Å²) in [6.07, 6.45) is 5.82. The second kappa shape index (κ2) is 7.49. The largest absolute Gasteiger partial charge is 0.445 e. The third kappa shape index (κ3) is 3.87. The molecular formula is C18H28N4O2. The maximum Gasteiger partial charge on any atom is 0.208 e. The summed E-state index contributed by atoms with van der Waals surface area (Å²) in [7, 11) is 0. The molecule has 0 saturated carbocycles. The molecule has 0 bridgehead atoms. The number of hydrogen-bond donors (Lipinski definition) is 0. The molecule has 1 aliphatic rings. The van der Waals surface area contributed by atoms with Crippen LogP contribution in [0.5, 0.6) is 0 Å². The Morgan fingerprint density at radius 1 is 0.875 bits per heavy atom. The first-order valence-electron chi connectivity index (χ1n) is 8.89. The summed E-state index contributed by atoms with van der Waals surface area (Å²) in [4.78, 5) is 13.8. The molecule has 3 heterocycles. The highest BCUT2D eigenvalue weighted by atomic mass is 16.4. The van der Waals surface area contributed by atoms with Crippen LogP contribution in [0.2, 0.25) is 0 Å². The molecule has 1 aliphatic heterocycles. The van der Waals surface area contributed by atoms with Crippen molar-refractivity contribution < 1.29 is 8.83 Å². The molecule has 2 aromatic rings. The number of aromatic nitrogens is 2. The van der Waals surface area contributed by atoms with Crippen LogP contribution in [0.25, 0.3) is 0 Å². The number of rotatable bonds is 6. The lowest BCUT2D eigenvalue weighted by atomic mass is 10.0. The van der Waals surface area contributed by atoms with Crippen molar-refractivity contribution in [2.75, 3.05) is 13.1 Å². The molecule has 6 heteroatoms. The molecule has 24 heavy (non-hydrogen) atoms. The molecule has 0 amide bonds. The van der Waals surface area contributed by atoms with Crippen molar-refractivity contribution in [1.29, 1.82) is 0 Å². The van der Waals surface area contributed by atoms with Crippen LogP contribution in [0.4, 0.5) is 0 Å². The minimum atomic E-state index is 0.496. The minimum Gasteiger partial charge on any atom is -0.445 e.